The summed E-state index contributed by atoms with van der Waals surface area (Å²) in [5.41, 5.74) is 8.17. The molecule has 5 nitrogen and oxygen atoms in total. The van der Waals surface area contributed by atoms with Gasteiger partial charge in [-0.1, -0.05) is 29.8 Å². The van der Waals surface area contributed by atoms with Crippen molar-refractivity contribution < 1.29 is 4.79 Å². The molecule has 4 rings (SSSR count). The minimum Gasteiger partial charge on any atom is -0.337 e. The fourth-order valence-corrected chi connectivity index (χ4v) is 4.11. The van der Waals surface area contributed by atoms with Crippen LogP contribution in [0, 0.1) is 11.8 Å². The van der Waals surface area contributed by atoms with Crippen LogP contribution in [0.5, 0.6) is 0 Å². The maximum Gasteiger partial charge on any atom is 0.271 e. The van der Waals surface area contributed by atoms with E-state index in [0.29, 0.717) is 28.2 Å². The van der Waals surface area contributed by atoms with Crippen LogP contribution in [0.25, 0.3) is 11.3 Å². The number of nitrogens with two attached hydrogens (primary N) is 1. The highest BCUT2D eigenvalue weighted by molar-refractivity contribution is 6.33. The zero-order valence-corrected chi connectivity index (χ0v) is 13.5. The molecule has 3 atom stereocenters. The third-order valence-corrected chi connectivity index (χ3v) is 5.49. The number of hydrogen-bond acceptors (Lipinski definition) is 3. The lowest BCUT2D eigenvalue weighted by Crippen LogP contribution is -2.33. The van der Waals surface area contributed by atoms with Gasteiger partial charge in [-0.05, 0) is 36.8 Å². The highest BCUT2D eigenvalue weighted by Gasteiger charge is 2.42. The van der Waals surface area contributed by atoms with Crippen LogP contribution in [0.4, 0.5) is 0 Å². The smallest absolute Gasteiger partial charge is 0.271 e. The van der Waals surface area contributed by atoms with Crippen LogP contribution >= 0.6 is 11.6 Å². The standard InChI is InChI=1S/C17H19ClN4O/c18-13-4-2-1-3-11(13)15-7-16(21-20-15)17(23)22-8-10-5-6-14(19)12(10)9-22/h1-4,7,10,12,14H,5-6,8-9,19H2,(H,20,21). The second-order valence-corrected chi connectivity index (χ2v) is 6.93. The van der Waals surface area contributed by atoms with Crippen molar-refractivity contribution in [3.63, 3.8) is 0 Å². The number of likely N-dealkylation sites (tertiary alicyclic amines) is 1. The largest absolute Gasteiger partial charge is 0.337 e. The van der Waals surface area contributed by atoms with Crippen LogP contribution in [0.2, 0.25) is 5.02 Å². The van der Waals surface area contributed by atoms with Gasteiger partial charge < -0.3 is 10.6 Å². The van der Waals surface area contributed by atoms with Crippen LogP contribution in [0.3, 0.4) is 0 Å². The summed E-state index contributed by atoms with van der Waals surface area (Å²) in [6, 6.07) is 9.50. The van der Waals surface area contributed by atoms with E-state index in [1.165, 1.54) is 0 Å². The van der Waals surface area contributed by atoms with E-state index in [2.05, 4.69) is 10.2 Å². The van der Waals surface area contributed by atoms with E-state index in [9.17, 15) is 4.79 Å². The molecule has 23 heavy (non-hydrogen) atoms. The number of carbonyl (C=O) groups is 1. The van der Waals surface area contributed by atoms with Crippen molar-refractivity contribution >= 4 is 17.5 Å². The highest BCUT2D eigenvalue weighted by atomic mass is 35.5. The van der Waals surface area contributed by atoms with E-state index in [1.54, 1.807) is 6.07 Å². The van der Waals surface area contributed by atoms with Crippen LogP contribution < -0.4 is 5.73 Å². The Labute approximate surface area is 139 Å². The molecule has 3 N–H and O–H groups in total. The average molecular weight is 331 g/mol. The summed E-state index contributed by atoms with van der Waals surface area (Å²) in [6.07, 6.45) is 2.21. The van der Waals surface area contributed by atoms with E-state index >= 15 is 0 Å². The Balaban J connectivity index is 1.53. The van der Waals surface area contributed by atoms with Gasteiger partial charge in [0.2, 0.25) is 0 Å². The molecule has 2 aromatic rings. The first-order valence-corrected chi connectivity index (χ1v) is 8.36. The number of nitrogens with one attached hydrogen (secondary N) is 1. The molecule has 1 aromatic heterocycles. The number of aromatic amines is 1. The average Bonchev–Trinajstić information content (AvgIpc) is 3.25. The number of benzene rings is 1. The van der Waals surface area contributed by atoms with Gasteiger partial charge in [-0.2, -0.15) is 5.10 Å². The van der Waals surface area contributed by atoms with Gasteiger partial charge in [-0.3, -0.25) is 9.89 Å². The lowest BCUT2D eigenvalue weighted by Gasteiger charge is -2.17. The third kappa shape index (κ3) is 2.54. The number of amides is 1. The minimum absolute atomic E-state index is 0.00240. The van der Waals surface area contributed by atoms with Crippen molar-refractivity contribution in [3.05, 3.63) is 41.0 Å². The molecule has 3 unspecified atom stereocenters. The predicted octanol–water partition coefficient (Wildman–Crippen LogP) is 2.54. The normalized spacial score (nSPS) is 26.5. The SMILES string of the molecule is NC1CCC2CN(C(=O)c3cc(-c4ccccc4Cl)n[nH]3)CC12. The molecular formula is C17H19ClN4O. The highest BCUT2D eigenvalue weighted by Crippen LogP contribution is 2.37. The Morgan fingerprint density at radius 1 is 1.30 bits per heavy atom. The third-order valence-electron chi connectivity index (χ3n) is 5.16. The van der Waals surface area contributed by atoms with Crippen molar-refractivity contribution in [2.75, 3.05) is 13.1 Å². The molecule has 1 aliphatic carbocycles. The van der Waals surface area contributed by atoms with Crippen molar-refractivity contribution in [1.29, 1.82) is 0 Å². The molecule has 1 saturated carbocycles. The Bertz CT molecular complexity index is 744. The number of H-pyrrole nitrogens is 1. The summed E-state index contributed by atoms with van der Waals surface area (Å²) in [4.78, 5) is 14.6. The molecule has 2 fully saturated rings. The summed E-state index contributed by atoms with van der Waals surface area (Å²) in [6.45, 7) is 1.56. The number of aromatic nitrogens is 2. The number of fused-ring (bicyclic) bond motifs is 1. The zero-order chi connectivity index (χ0) is 16.0. The number of rotatable bonds is 2. The minimum atomic E-state index is -0.00240. The molecule has 2 heterocycles. The van der Waals surface area contributed by atoms with Crippen molar-refractivity contribution in [1.82, 2.24) is 15.1 Å². The van der Waals surface area contributed by atoms with Gasteiger partial charge in [0, 0.05) is 24.7 Å². The summed E-state index contributed by atoms with van der Waals surface area (Å²) in [5, 5.41) is 7.72. The quantitative estimate of drug-likeness (QED) is 0.888. The van der Waals surface area contributed by atoms with Gasteiger partial charge in [0.05, 0.1) is 10.7 Å². The number of carbonyl (C=O) groups excluding carboxylic acids is 1. The van der Waals surface area contributed by atoms with E-state index in [0.717, 1.165) is 31.5 Å². The number of halogens is 1. The van der Waals surface area contributed by atoms with E-state index in [-0.39, 0.29) is 11.9 Å². The lowest BCUT2D eigenvalue weighted by atomic mass is 9.98. The van der Waals surface area contributed by atoms with E-state index in [1.807, 2.05) is 29.2 Å². The molecule has 0 radical (unpaired) electrons. The molecular weight excluding hydrogens is 312 g/mol. The summed E-state index contributed by atoms with van der Waals surface area (Å²) in [7, 11) is 0. The summed E-state index contributed by atoms with van der Waals surface area (Å²) < 4.78 is 0. The Morgan fingerprint density at radius 3 is 2.91 bits per heavy atom. The predicted molar refractivity (Wildman–Crippen MR) is 89.1 cm³/mol. The van der Waals surface area contributed by atoms with Crippen molar-refractivity contribution in [3.8, 4) is 11.3 Å². The molecule has 1 saturated heterocycles. The van der Waals surface area contributed by atoms with E-state index < -0.39 is 0 Å². The molecule has 0 bridgehead atoms. The topological polar surface area (TPSA) is 75.0 Å². The lowest BCUT2D eigenvalue weighted by molar-refractivity contribution is 0.0773. The first-order chi connectivity index (χ1) is 11.1. The summed E-state index contributed by atoms with van der Waals surface area (Å²) in [5.74, 6) is 1.00. The van der Waals surface area contributed by atoms with Crippen molar-refractivity contribution in [2.45, 2.75) is 18.9 Å². The van der Waals surface area contributed by atoms with Crippen LogP contribution in [0.15, 0.2) is 30.3 Å². The van der Waals surface area contributed by atoms with Gasteiger partial charge in [0.25, 0.3) is 5.91 Å². The molecule has 120 valence electrons. The van der Waals surface area contributed by atoms with Gasteiger partial charge in [-0.25, -0.2) is 0 Å². The second kappa shape index (κ2) is 5.65. The first-order valence-electron chi connectivity index (χ1n) is 7.98. The number of hydrogen-bond donors (Lipinski definition) is 2. The Hall–Kier alpha value is -1.85. The molecule has 1 aliphatic heterocycles. The van der Waals surface area contributed by atoms with Crippen LogP contribution in [-0.2, 0) is 0 Å². The maximum atomic E-state index is 12.7. The van der Waals surface area contributed by atoms with E-state index in [4.69, 9.17) is 17.3 Å². The van der Waals surface area contributed by atoms with Gasteiger partial charge in [0.15, 0.2) is 0 Å². The molecule has 2 aliphatic rings. The second-order valence-electron chi connectivity index (χ2n) is 6.52. The fourth-order valence-electron chi connectivity index (χ4n) is 3.88. The zero-order valence-electron chi connectivity index (χ0n) is 12.7. The maximum absolute atomic E-state index is 12.7. The molecule has 1 aromatic carbocycles. The van der Waals surface area contributed by atoms with Gasteiger partial charge in [0.1, 0.15) is 5.69 Å². The van der Waals surface area contributed by atoms with Gasteiger partial charge >= 0.3 is 0 Å². The number of nitrogens with zero attached hydrogens (tertiary/aromatic N) is 2. The monoisotopic (exact) mass is 330 g/mol. The first kappa shape index (κ1) is 14.7. The summed E-state index contributed by atoms with van der Waals surface area (Å²) >= 11 is 6.19. The molecule has 1 amide bonds. The molecule has 6 heteroatoms. The molecule has 0 spiro atoms. The van der Waals surface area contributed by atoms with Crippen LogP contribution in [0.1, 0.15) is 23.3 Å². The van der Waals surface area contributed by atoms with Crippen molar-refractivity contribution in [2.24, 2.45) is 17.6 Å². The van der Waals surface area contributed by atoms with Crippen LogP contribution in [-0.4, -0.2) is 40.1 Å². The Morgan fingerprint density at radius 2 is 2.13 bits per heavy atom. The van der Waals surface area contributed by atoms with Gasteiger partial charge in [-0.15, -0.1) is 0 Å². The Kier molecular flexibility index (Phi) is 3.62. The fraction of sp³-hybridized carbons (Fsp3) is 0.412.